The minimum Gasteiger partial charge on any atom is -0.387 e. The fourth-order valence-electron chi connectivity index (χ4n) is 3.77. The van der Waals surface area contributed by atoms with Crippen LogP contribution in [0.2, 0.25) is 0 Å². The van der Waals surface area contributed by atoms with Crippen molar-refractivity contribution in [3.05, 3.63) is 10.6 Å². The van der Waals surface area contributed by atoms with Crippen LogP contribution in [0.3, 0.4) is 0 Å². The molecule has 2 aliphatic carbocycles. The minimum atomic E-state index is -0.325. The van der Waals surface area contributed by atoms with Gasteiger partial charge in [-0.25, -0.2) is 0 Å². The van der Waals surface area contributed by atoms with Crippen LogP contribution in [0.5, 0.6) is 0 Å². The smallest absolute Gasteiger partial charge is 0.0919 e. The number of fused-ring (bicyclic) bond motifs is 2. The first-order chi connectivity index (χ1) is 8.28. The Labute approximate surface area is 106 Å². The molecule has 2 bridgehead atoms. The van der Waals surface area contributed by atoms with Crippen LogP contribution in [0.1, 0.15) is 55.7 Å². The Kier molecular flexibility index (Phi) is 3.17. The van der Waals surface area contributed by atoms with Crippen LogP contribution in [-0.4, -0.2) is 14.7 Å². The van der Waals surface area contributed by atoms with Crippen molar-refractivity contribution in [2.75, 3.05) is 0 Å². The van der Waals surface area contributed by atoms with E-state index in [-0.39, 0.29) is 6.10 Å². The van der Waals surface area contributed by atoms with Crippen LogP contribution in [-0.2, 0) is 6.42 Å². The summed E-state index contributed by atoms with van der Waals surface area (Å²) in [6.07, 6.45) is 7.06. The predicted molar refractivity (Wildman–Crippen MR) is 67.8 cm³/mol. The number of aromatic nitrogens is 2. The Morgan fingerprint density at radius 3 is 2.94 bits per heavy atom. The minimum absolute atomic E-state index is 0.325. The molecule has 1 N–H and O–H groups in total. The number of aliphatic hydroxyl groups is 1. The van der Waals surface area contributed by atoms with Crippen LogP contribution in [0.15, 0.2) is 0 Å². The molecule has 1 aromatic rings. The van der Waals surface area contributed by atoms with Crippen molar-refractivity contribution in [2.24, 2.45) is 17.8 Å². The van der Waals surface area contributed by atoms with Crippen LogP contribution in [0.25, 0.3) is 0 Å². The summed E-state index contributed by atoms with van der Waals surface area (Å²) in [4.78, 5) is 1.01. The molecule has 0 radical (unpaired) electrons. The summed E-state index contributed by atoms with van der Waals surface area (Å²) in [7, 11) is 0. The number of hydrogen-bond acceptors (Lipinski definition) is 4. The van der Waals surface area contributed by atoms with E-state index in [2.05, 4.69) is 16.5 Å². The predicted octanol–water partition coefficient (Wildman–Crippen LogP) is 2.96. The summed E-state index contributed by atoms with van der Waals surface area (Å²) >= 11 is 1.37. The van der Waals surface area contributed by atoms with Crippen molar-refractivity contribution < 1.29 is 5.11 Å². The van der Waals surface area contributed by atoms with E-state index >= 15 is 0 Å². The zero-order chi connectivity index (χ0) is 11.8. The van der Waals surface area contributed by atoms with E-state index in [4.69, 9.17) is 0 Å². The molecular weight excluding hydrogens is 232 g/mol. The topological polar surface area (TPSA) is 46.0 Å². The Hall–Kier alpha value is -0.480. The third-order valence-electron chi connectivity index (χ3n) is 4.63. The maximum absolute atomic E-state index is 10.3. The molecule has 1 aromatic heterocycles. The van der Waals surface area contributed by atoms with E-state index < -0.39 is 0 Å². The van der Waals surface area contributed by atoms with Gasteiger partial charge in [0.25, 0.3) is 0 Å². The van der Waals surface area contributed by atoms with Gasteiger partial charge in [-0.3, -0.25) is 0 Å². The monoisotopic (exact) mass is 252 g/mol. The van der Waals surface area contributed by atoms with E-state index in [1.54, 1.807) is 0 Å². The molecule has 0 aliphatic heterocycles. The summed E-state index contributed by atoms with van der Waals surface area (Å²) in [6, 6.07) is 0. The SMILES string of the molecule is CCc1nnsc1C(O)CC1CC2CCC1C2. The zero-order valence-electron chi connectivity index (χ0n) is 10.3. The van der Waals surface area contributed by atoms with Gasteiger partial charge in [-0.2, -0.15) is 0 Å². The second-order valence-corrected chi connectivity index (χ2v) is 6.41. The number of nitrogens with zero attached hydrogens (tertiary/aromatic N) is 2. The number of aryl methyl sites for hydroxylation is 1. The van der Waals surface area contributed by atoms with Gasteiger partial charge in [-0.15, -0.1) is 5.10 Å². The highest BCUT2D eigenvalue weighted by atomic mass is 32.1. The highest BCUT2D eigenvalue weighted by Gasteiger charge is 2.40. The molecule has 0 amide bonds. The molecule has 4 heteroatoms. The summed E-state index contributed by atoms with van der Waals surface area (Å²) in [5.41, 5.74) is 0.991. The van der Waals surface area contributed by atoms with E-state index in [1.165, 1.54) is 37.2 Å². The quantitative estimate of drug-likeness (QED) is 0.896. The third-order valence-corrected chi connectivity index (χ3v) is 5.50. The Morgan fingerprint density at radius 2 is 2.29 bits per heavy atom. The molecule has 4 unspecified atom stereocenters. The fraction of sp³-hybridized carbons (Fsp3) is 0.846. The number of aliphatic hydroxyl groups excluding tert-OH is 1. The molecule has 0 aromatic carbocycles. The lowest BCUT2D eigenvalue weighted by molar-refractivity contribution is 0.127. The molecule has 3 nitrogen and oxygen atoms in total. The maximum Gasteiger partial charge on any atom is 0.0919 e. The molecule has 0 spiro atoms. The summed E-state index contributed by atoms with van der Waals surface area (Å²) in [5.74, 6) is 2.60. The van der Waals surface area contributed by atoms with Gasteiger partial charge < -0.3 is 5.11 Å². The van der Waals surface area contributed by atoms with Gasteiger partial charge in [0.15, 0.2) is 0 Å². The molecule has 2 fully saturated rings. The first-order valence-corrected chi connectivity index (χ1v) is 7.54. The van der Waals surface area contributed by atoms with E-state index in [1.807, 2.05) is 0 Å². The lowest BCUT2D eigenvalue weighted by Gasteiger charge is -2.23. The molecule has 1 heterocycles. The molecule has 0 saturated heterocycles. The average Bonchev–Trinajstić information content (AvgIpc) is 3.04. The molecule has 2 aliphatic rings. The van der Waals surface area contributed by atoms with Crippen molar-refractivity contribution in [3.63, 3.8) is 0 Å². The third kappa shape index (κ3) is 2.13. The van der Waals surface area contributed by atoms with Crippen LogP contribution >= 0.6 is 11.5 Å². The summed E-state index contributed by atoms with van der Waals surface area (Å²) in [5, 5.41) is 14.4. The van der Waals surface area contributed by atoms with E-state index in [0.29, 0.717) is 0 Å². The largest absolute Gasteiger partial charge is 0.387 e. The second-order valence-electron chi connectivity index (χ2n) is 5.62. The molecular formula is C13H20N2OS. The fourth-order valence-corrected chi connectivity index (χ4v) is 4.51. The molecule has 94 valence electrons. The van der Waals surface area contributed by atoms with E-state index in [9.17, 15) is 5.11 Å². The summed E-state index contributed by atoms with van der Waals surface area (Å²) < 4.78 is 3.97. The van der Waals surface area contributed by atoms with Crippen molar-refractivity contribution in [1.82, 2.24) is 9.59 Å². The molecule has 17 heavy (non-hydrogen) atoms. The lowest BCUT2D eigenvalue weighted by Crippen LogP contribution is -2.14. The first-order valence-electron chi connectivity index (χ1n) is 6.77. The van der Waals surface area contributed by atoms with Crippen LogP contribution in [0.4, 0.5) is 0 Å². The van der Waals surface area contributed by atoms with Crippen molar-refractivity contribution in [3.8, 4) is 0 Å². The zero-order valence-corrected chi connectivity index (χ0v) is 11.1. The number of rotatable bonds is 4. The van der Waals surface area contributed by atoms with Gasteiger partial charge in [0.05, 0.1) is 16.7 Å². The Morgan fingerprint density at radius 1 is 1.41 bits per heavy atom. The van der Waals surface area contributed by atoms with Gasteiger partial charge in [0.1, 0.15) is 0 Å². The highest BCUT2D eigenvalue weighted by molar-refractivity contribution is 7.05. The van der Waals surface area contributed by atoms with Gasteiger partial charge in [0.2, 0.25) is 0 Å². The molecule has 3 rings (SSSR count). The van der Waals surface area contributed by atoms with Gasteiger partial charge in [0, 0.05) is 0 Å². The van der Waals surface area contributed by atoms with Crippen LogP contribution < -0.4 is 0 Å². The standard InChI is InChI=1S/C13H20N2OS/c1-2-11-13(17-15-14-11)12(16)7-10-6-8-3-4-9(10)5-8/h8-10,12,16H,2-7H2,1H3. The highest BCUT2D eigenvalue weighted by Crippen LogP contribution is 2.51. The van der Waals surface area contributed by atoms with Crippen molar-refractivity contribution >= 4 is 11.5 Å². The van der Waals surface area contributed by atoms with E-state index in [0.717, 1.165) is 41.2 Å². The van der Waals surface area contributed by atoms with Crippen LogP contribution in [0, 0.1) is 17.8 Å². The maximum atomic E-state index is 10.3. The van der Waals surface area contributed by atoms with Crippen molar-refractivity contribution in [2.45, 2.75) is 51.6 Å². The van der Waals surface area contributed by atoms with Gasteiger partial charge in [-0.05, 0) is 61.4 Å². The van der Waals surface area contributed by atoms with Crippen molar-refractivity contribution in [1.29, 1.82) is 0 Å². The first kappa shape index (κ1) is 11.6. The second kappa shape index (κ2) is 4.65. The van der Waals surface area contributed by atoms with Gasteiger partial charge in [-0.1, -0.05) is 17.8 Å². The Bertz CT molecular complexity index is 393. The molecule has 2 saturated carbocycles. The van der Waals surface area contributed by atoms with Gasteiger partial charge >= 0.3 is 0 Å². The normalized spacial score (nSPS) is 33.2. The molecule has 4 atom stereocenters. The lowest BCUT2D eigenvalue weighted by atomic mass is 9.84. The summed E-state index contributed by atoms with van der Waals surface area (Å²) in [6.45, 7) is 2.07. The average molecular weight is 252 g/mol. The number of hydrogen-bond donors (Lipinski definition) is 1. The Balaban J connectivity index is 1.65.